The van der Waals surface area contributed by atoms with Crippen molar-refractivity contribution in [2.45, 2.75) is 6.92 Å². The van der Waals surface area contributed by atoms with Gasteiger partial charge in [-0.2, -0.15) is 0 Å². The molecule has 0 saturated heterocycles. The number of rotatable bonds is 1. The minimum absolute atomic E-state index is 0.199. The zero-order valence-corrected chi connectivity index (χ0v) is 8.57. The zero-order chi connectivity index (χ0) is 10.8. The quantitative estimate of drug-likeness (QED) is 0.693. The van der Waals surface area contributed by atoms with Crippen molar-refractivity contribution in [3.8, 4) is 16.9 Å². The summed E-state index contributed by atoms with van der Waals surface area (Å²) in [4.78, 5) is 0. The molecule has 3 N–H and O–H groups in total. The molecule has 76 valence electrons. The Kier molecular flexibility index (Phi) is 2.34. The van der Waals surface area contributed by atoms with Gasteiger partial charge in [-0.25, -0.2) is 0 Å². The van der Waals surface area contributed by atoms with Crippen LogP contribution in [0.4, 0.5) is 5.69 Å². The fourth-order valence-corrected chi connectivity index (χ4v) is 1.67. The standard InChI is InChI=1S/C13H13NO/c1-9-4-2-3-5-11(9)12-7-6-10(15)8-13(12)14/h2-8,15H,14H2,1H3. The van der Waals surface area contributed by atoms with Gasteiger partial charge in [0.25, 0.3) is 0 Å². The Hall–Kier alpha value is -1.96. The monoisotopic (exact) mass is 199 g/mol. The third-order valence-electron chi connectivity index (χ3n) is 2.47. The molecular weight excluding hydrogens is 186 g/mol. The van der Waals surface area contributed by atoms with Crippen molar-refractivity contribution in [2.24, 2.45) is 0 Å². The van der Waals surface area contributed by atoms with E-state index in [-0.39, 0.29) is 5.75 Å². The van der Waals surface area contributed by atoms with Crippen molar-refractivity contribution >= 4 is 5.69 Å². The maximum absolute atomic E-state index is 9.27. The molecule has 0 aromatic heterocycles. The molecule has 0 fully saturated rings. The summed E-state index contributed by atoms with van der Waals surface area (Å²) in [6.07, 6.45) is 0. The molecule has 2 heteroatoms. The number of phenols is 1. The Labute approximate surface area is 89.0 Å². The predicted molar refractivity (Wildman–Crippen MR) is 62.7 cm³/mol. The van der Waals surface area contributed by atoms with E-state index in [2.05, 4.69) is 0 Å². The Morgan fingerprint density at radius 2 is 1.73 bits per heavy atom. The smallest absolute Gasteiger partial charge is 0.117 e. The fourth-order valence-electron chi connectivity index (χ4n) is 1.67. The van der Waals surface area contributed by atoms with Crippen LogP contribution in [0, 0.1) is 6.92 Å². The first-order valence-corrected chi connectivity index (χ1v) is 4.83. The van der Waals surface area contributed by atoms with Gasteiger partial charge in [0, 0.05) is 17.3 Å². The average molecular weight is 199 g/mol. The summed E-state index contributed by atoms with van der Waals surface area (Å²) >= 11 is 0. The van der Waals surface area contributed by atoms with Crippen molar-refractivity contribution < 1.29 is 5.11 Å². The molecule has 0 aliphatic carbocycles. The summed E-state index contributed by atoms with van der Waals surface area (Å²) in [5.74, 6) is 0.199. The Morgan fingerprint density at radius 1 is 1.00 bits per heavy atom. The molecule has 0 spiro atoms. The summed E-state index contributed by atoms with van der Waals surface area (Å²) in [7, 11) is 0. The summed E-state index contributed by atoms with van der Waals surface area (Å²) in [5.41, 5.74) is 9.71. The Morgan fingerprint density at radius 3 is 2.40 bits per heavy atom. The van der Waals surface area contributed by atoms with Crippen molar-refractivity contribution in [2.75, 3.05) is 5.73 Å². The van der Waals surface area contributed by atoms with Crippen LogP contribution in [0.5, 0.6) is 5.75 Å². The highest BCUT2D eigenvalue weighted by atomic mass is 16.3. The van der Waals surface area contributed by atoms with E-state index in [9.17, 15) is 5.11 Å². The molecule has 2 rings (SSSR count). The third kappa shape index (κ3) is 1.79. The molecule has 0 heterocycles. The molecule has 0 atom stereocenters. The van der Waals surface area contributed by atoms with Crippen LogP contribution in [0.2, 0.25) is 0 Å². The molecule has 0 bridgehead atoms. The van der Waals surface area contributed by atoms with Crippen molar-refractivity contribution in [1.29, 1.82) is 0 Å². The molecule has 0 amide bonds. The largest absolute Gasteiger partial charge is 0.508 e. The van der Waals surface area contributed by atoms with Gasteiger partial charge in [0.15, 0.2) is 0 Å². The van der Waals surface area contributed by atoms with Crippen LogP contribution in [0.15, 0.2) is 42.5 Å². The molecule has 0 aliphatic rings. The number of benzene rings is 2. The van der Waals surface area contributed by atoms with Crippen LogP contribution < -0.4 is 5.73 Å². The second kappa shape index (κ2) is 3.65. The summed E-state index contributed by atoms with van der Waals surface area (Å²) in [5, 5.41) is 9.27. The number of hydrogen-bond acceptors (Lipinski definition) is 2. The van der Waals surface area contributed by atoms with Gasteiger partial charge in [0.05, 0.1) is 0 Å². The first kappa shape index (κ1) is 9.59. The topological polar surface area (TPSA) is 46.2 Å². The van der Waals surface area contributed by atoms with Gasteiger partial charge in [-0.1, -0.05) is 24.3 Å². The van der Waals surface area contributed by atoms with E-state index >= 15 is 0 Å². The highest BCUT2D eigenvalue weighted by molar-refractivity contribution is 5.79. The molecule has 15 heavy (non-hydrogen) atoms. The lowest BCUT2D eigenvalue weighted by Crippen LogP contribution is -1.91. The van der Waals surface area contributed by atoms with Gasteiger partial charge in [-0.3, -0.25) is 0 Å². The minimum atomic E-state index is 0.199. The van der Waals surface area contributed by atoms with Crippen LogP contribution in [0.1, 0.15) is 5.56 Å². The molecule has 0 aliphatic heterocycles. The van der Waals surface area contributed by atoms with E-state index in [1.165, 1.54) is 5.56 Å². The molecule has 2 aromatic carbocycles. The van der Waals surface area contributed by atoms with Gasteiger partial charge in [-0.05, 0) is 30.2 Å². The highest BCUT2D eigenvalue weighted by Crippen LogP contribution is 2.30. The summed E-state index contributed by atoms with van der Waals surface area (Å²) in [6.45, 7) is 2.04. The average Bonchev–Trinajstić information content (AvgIpc) is 2.20. The second-order valence-corrected chi connectivity index (χ2v) is 3.59. The van der Waals surface area contributed by atoms with Crippen LogP contribution in [0.3, 0.4) is 0 Å². The SMILES string of the molecule is Cc1ccccc1-c1ccc(O)cc1N. The lowest BCUT2D eigenvalue weighted by molar-refractivity contribution is 0.476. The first-order valence-electron chi connectivity index (χ1n) is 4.83. The van der Waals surface area contributed by atoms with Gasteiger partial charge in [0.2, 0.25) is 0 Å². The summed E-state index contributed by atoms with van der Waals surface area (Å²) in [6, 6.07) is 13.1. The number of aryl methyl sites for hydroxylation is 1. The maximum Gasteiger partial charge on any atom is 0.117 e. The minimum Gasteiger partial charge on any atom is -0.508 e. The number of anilines is 1. The van der Waals surface area contributed by atoms with E-state index in [0.717, 1.165) is 11.1 Å². The molecule has 2 nitrogen and oxygen atoms in total. The Balaban J connectivity index is 2.60. The van der Waals surface area contributed by atoms with Gasteiger partial charge in [-0.15, -0.1) is 0 Å². The van der Waals surface area contributed by atoms with Crippen LogP contribution >= 0.6 is 0 Å². The van der Waals surface area contributed by atoms with E-state index in [1.54, 1.807) is 12.1 Å². The number of hydrogen-bond donors (Lipinski definition) is 2. The Bertz CT molecular complexity index is 492. The second-order valence-electron chi connectivity index (χ2n) is 3.59. The predicted octanol–water partition coefficient (Wildman–Crippen LogP) is 2.95. The molecule has 0 saturated carbocycles. The van der Waals surface area contributed by atoms with Crippen molar-refractivity contribution in [1.82, 2.24) is 0 Å². The van der Waals surface area contributed by atoms with E-state index in [0.29, 0.717) is 5.69 Å². The van der Waals surface area contributed by atoms with E-state index < -0.39 is 0 Å². The van der Waals surface area contributed by atoms with E-state index in [1.807, 2.05) is 37.3 Å². The molecular formula is C13H13NO. The van der Waals surface area contributed by atoms with Gasteiger partial charge >= 0.3 is 0 Å². The number of nitrogens with two attached hydrogens (primary N) is 1. The number of phenolic OH excluding ortho intramolecular Hbond substituents is 1. The molecule has 0 unspecified atom stereocenters. The van der Waals surface area contributed by atoms with Crippen molar-refractivity contribution in [3.63, 3.8) is 0 Å². The number of aromatic hydroxyl groups is 1. The lowest BCUT2D eigenvalue weighted by atomic mass is 9.99. The summed E-state index contributed by atoms with van der Waals surface area (Å²) < 4.78 is 0. The normalized spacial score (nSPS) is 10.2. The highest BCUT2D eigenvalue weighted by Gasteiger charge is 2.05. The number of nitrogen functional groups attached to an aromatic ring is 1. The zero-order valence-electron chi connectivity index (χ0n) is 8.57. The first-order chi connectivity index (χ1) is 7.18. The molecule has 0 radical (unpaired) electrons. The van der Waals surface area contributed by atoms with Crippen LogP contribution in [-0.2, 0) is 0 Å². The molecule has 2 aromatic rings. The van der Waals surface area contributed by atoms with Crippen LogP contribution in [0.25, 0.3) is 11.1 Å². The van der Waals surface area contributed by atoms with Crippen LogP contribution in [-0.4, -0.2) is 5.11 Å². The fraction of sp³-hybridized carbons (Fsp3) is 0.0769. The lowest BCUT2D eigenvalue weighted by Gasteiger charge is -2.08. The van der Waals surface area contributed by atoms with Gasteiger partial charge < -0.3 is 10.8 Å². The van der Waals surface area contributed by atoms with Gasteiger partial charge in [0.1, 0.15) is 5.75 Å². The van der Waals surface area contributed by atoms with E-state index in [4.69, 9.17) is 5.73 Å². The van der Waals surface area contributed by atoms with Crippen molar-refractivity contribution in [3.05, 3.63) is 48.0 Å². The third-order valence-corrected chi connectivity index (χ3v) is 2.47. The maximum atomic E-state index is 9.27.